The molecule has 0 aliphatic carbocycles. The van der Waals surface area contributed by atoms with Crippen molar-refractivity contribution in [3.8, 4) is 11.8 Å². The third-order valence-corrected chi connectivity index (χ3v) is 6.48. The maximum absolute atomic E-state index is 14.0. The van der Waals surface area contributed by atoms with E-state index in [-0.39, 0.29) is 33.5 Å². The monoisotopic (exact) mass is 521 g/mol. The molecule has 8 nitrogen and oxygen atoms in total. The van der Waals surface area contributed by atoms with Crippen molar-refractivity contribution in [3.05, 3.63) is 87.1 Å². The summed E-state index contributed by atoms with van der Waals surface area (Å²) < 4.78 is 24.6. The molecule has 190 valence electrons. The van der Waals surface area contributed by atoms with Gasteiger partial charge in [-0.1, -0.05) is 36.4 Å². The van der Waals surface area contributed by atoms with Gasteiger partial charge in [0.2, 0.25) is 0 Å². The molecule has 0 saturated carbocycles. The summed E-state index contributed by atoms with van der Waals surface area (Å²) in [6, 6.07) is 14.7. The highest BCUT2D eigenvalue weighted by Gasteiger charge is 2.27. The second kappa shape index (κ2) is 12.0. The predicted molar refractivity (Wildman–Crippen MR) is 138 cm³/mol. The third kappa shape index (κ3) is 6.20. The molecule has 10 heteroatoms. The normalized spacial score (nSPS) is 10.9. The molecule has 1 heterocycles. The Balaban J connectivity index is 1.91. The first-order valence-electron chi connectivity index (χ1n) is 11.0. The number of carbonyl (C=O) groups is 3. The average Bonchev–Trinajstić information content (AvgIpc) is 3.21. The van der Waals surface area contributed by atoms with E-state index in [1.165, 1.54) is 24.2 Å². The second-order valence-electron chi connectivity index (χ2n) is 7.99. The zero-order chi connectivity index (χ0) is 27.1. The lowest BCUT2D eigenvalue weighted by Gasteiger charge is -2.10. The quantitative estimate of drug-likeness (QED) is 0.259. The molecule has 3 aromatic rings. The number of halogens is 1. The van der Waals surface area contributed by atoms with Gasteiger partial charge in [0.05, 0.1) is 17.6 Å². The van der Waals surface area contributed by atoms with Crippen molar-refractivity contribution in [3.63, 3.8) is 0 Å². The molecular formula is C27H24FN3O5S. The molecule has 0 aliphatic rings. The van der Waals surface area contributed by atoms with Crippen LogP contribution in [0, 0.1) is 24.1 Å². The first kappa shape index (κ1) is 27.1. The fraction of sp³-hybridized carbons (Fsp3) is 0.185. The van der Waals surface area contributed by atoms with Gasteiger partial charge in [-0.15, -0.1) is 11.3 Å². The highest BCUT2D eigenvalue weighted by atomic mass is 32.1. The van der Waals surface area contributed by atoms with E-state index in [9.17, 15) is 24.0 Å². The number of esters is 1. The number of thiophene rings is 1. The Morgan fingerprint density at radius 2 is 1.81 bits per heavy atom. The number of carbonyl (C=O) groups excluding carboxylic acids is 3. The largest absolute Gasteiger partial charge is 0.488 e. The molecule has 3 rings (SSSR count). The van der Waals surface area contributed by atoms with Gasteiger partial charge < -0.3 is 19.7 Å². The second-order valence-corrected chi connectivity index (χ2v) is 9.01. The molecule has 0 bridgehead atoms. The first-order chi connectivity index (χ1) is 17.7. The van der Waals surface area contributed by atoms with E-state index in [1.807, 2.05) is 6.07 Å². The molecule has 2 amide bonds. The molecule has 0 atom stereocenters. The van der Waals surface area contributed by atoms with Gasteiger partial charge in [0.1, 0.15) is 34.8 Å². The van der Waals surface area contributed by atoms with E-state index >= 15 is 0 Å². The number of nitrogens with one attached hydrogen (secondary N) is 1. The number of rotatable bonds is 8. The van der Waals surface area contributed by atoms with Gasteiger partial charge in [-0.3, -0.25) is 9.59 Å². The first-order valence-corrected chi connectivity index (χ1v) is 11.8. The predicted octanol–water partition coefficient (Wildman–Crippen LogP) is 4.81. The van der Waals surface area contributed by atoms with Crippen LogP contribution in [0.5, 0.6) is 5.75 Å². The molecular weight excluding hydrogens is 497 g/mol. The van der Waals surface area contributed by atoms with E-state index in [0.29, 0.717) is 22.4 Å². The summed E-state index contributed by atoms with van der Waals surface area (Å²) in [4.78, 5) is 39.6. The maximum atomic E-state index is 14.0. The molecule has 0 aliphatic heterocycles. The number of nitriles is 1. The smallest absolute Gasteiger partial charge is 0.341 e. The number of nitrogens with zero attached hydrogens (tertiary/aromatic N) is 2. The van der Waals surface area contributed by atoms with E-state index in [1.54, 1.807) is 63.5 Å². The summed E-state index contributed by atoms with van der Waals surface area (Å²) in [5.74, 6) is -1.93. The molecule has 1 N–H and O–H groups in total. The molecule has 1 aromatic heterocycles. The summed E-state index contributed by atoms with van der Waals surface area (Å²) in [5.41, 5.74) is 0.900. The van der Waals surface area contributed by atoms with Crippen LogP contribution in [0.3, 0.4) is 0 Å². The van der Waals surface area contributed by atoms with Crippen molar-refractivity contribution in [1.29, 1.82) is 5.26 Å². The third-order valence-electron chi connectivity index (χ3n) is 5.29. The molecule has 0 spiro atoms. The zero-order valence-corrected chi connectivity index (χ0v) is 21.4. The Bertz CT molecular complexity index is 1420. The van der Waals surface area contributed by atoms with E-state index in [2.05, 4.69) is 5.32 Å². The lowest BCUT2D eigenvalue weighted by Crippen LogP contribution is -2.21. The van der Waals surface area contributed by atoms with Crippen LogP contribution in [0.15, 0.2) is 54.1 Å². The average molecular weight is 522 g/mol. The van der Waals surface area contributed by atoms with Gasteiger partial charge in [0.25, 0.3) is 11.8 Å². The van der Waals surface area contributed by atoms with Gasteiger partial charge in [-0.2, -0.15) is 5.26 Å². The number of para-hydroxylation sites is 1. The summed E-state index contributed by atoms with van der Waals surface area (Å²) >= 11 is 0.918. The number of hydrogen-bond donors (Lipinski definition) is 1. The van der Waals surface area contributed by atoms with Gasteiger partial charge in [0, 0.05) is 25.2 Å². The van der Waals surface area contributed by atoms with Crippen LogP contribution in [0.2, 0.25) is 0 Å². The Morgan fingerprint density at radius 3 is 2.46 bits per heavy atom. The molecule has 0 fully saturated rings. The SMILES string of the molecule is COC(=O)c1c(NC(=O)/C(C#N)=C/c2ccccc2OCc2ccccc2F)sc(C(=O)N(C)C)c1C. The summed E-state index contributed by atoms with van der Waals surface area (Å²) in [7, 11) is 4.33. The summed E-state index contributed by atoms with van der Waals surface area (Å²) in [6.07, 6.45) is 1.33. The molecule has 2 aromatic carbocycles. The highest BCUT2D eigenvalue weighted by Crippen LogP contribution is 2.35. The van der Waals surface area contributed by atoms with Crippen molar-refractivity contribution in [1.82, 2.24) is 4.90 Å². The van der Waals surface area contributed by atoms with Crippen LogP contribution < -0.4 is 10.1 Å². The topological polar surface area (TPSA) is 109 Å². The number of amides is 2. The van der Waals surface area contributed by atoms with Crippen LogP contribution in [0.4, 0.5) is 9.39 Å². The highest BCUT2D eigenvalue weighted by molar-refractivity contribution is 7.18. The lowest BCUT2D eigenvalue weighted by molar-refractivity contribution is -0.112. The molecule has 37 heavy (non-hydrogen) atoms. The Kier molecular flexibility index (Phi) is 8.77. The number of anilines is 1. The van der Waals surface area contributed by atoms with Crippen molar-refractivity contribution < 1.29 is 28.2 Å². The van der Waals surface area contributed by atoms with Crippen molar-refractivity contribution in [2.75, 3.05) is 26.5 Å². The van der Waals surface area contributed by atoms with Crippen LogP contribution in [-0.4, -0.2) is 43.9 Å². The fourth-order valence-electron chi connectivity index (χ4n) is 3.33. The van der Waals surface area contributed by atoms with Crippen molar-refractivity contribution in [2.24, 2.45) is 0 Å². The Morgan fingerprint density at radius 1 is 1.14 bits per heavy atom. The lowest BCUT2D eigenvalue weighted by atomic mass is 10.1. The van der Waals surface area contributed by atoms with Crippen LogP contribution in [-0.2, 0) is 16.1 Å². The van der Waals surface area contributed by atoms with E-state index in [4.69, 9.17) is 9.47 Å². The number of hydrogen-bond acceptors (Lipinski definition) is 7. The number of methoxy groups -OCH3 is 1. The minimum absolute atomic E-state index is 0.0389. The van der Waals surface area contributed by atoms with E-state index in [0.717, 1.165) is 11.3 Å². The fourth-order valence-corrected chi connectivity index (χ4v) is 4.54. The van der Waals surface area contributed by atoms with Gasteiger partial charge in [-0.25, -0.2) is 9.18 Å². The van der Waals surface area contributed by atoms with Crippen LogP contribution >= 0.6 is 11.3 Å². The number of benzene rings is 2. The van der Waals surface area contributed by atoms with Gasteiger partial charge in [0.15, 0.2) is 0 Å². The minimum atomic E-state index is -0.790. The molecule has 0 saturated heterocycles. The number of ether oxygens (including phenoxy) is 2. The zero-order valence-electron chi connectivity index (χ0n) is 20.6. The molecule has 0 unspecified atom stereocenters. The van der Waals surface area contributed by atoms with Crippen LogP contribution in [0.25, 0.3) is 6.08 Å². The Hall–Kier alpha value is -4.49. The van der Waals surface area contributed by atoms with Gasteiger partial charge in [-0.05, 0) is 30.7 Å². The summed E-state index contributed by atoms with van der Waals surface area (Å²) in [6.45, 7) is 1.53. The van der Waals surface area contributed by atoms with Crippen molar-refractivity contribution >= 4 is 40.2 Å². The molecule has 0 radical (unpaired) electrons. The Labute approximate surface area is 217 Å². The standard InChI is InChI=1S/C27H24FN3O5S/c1-16-22(27(34)35-4)25(37-23(16)26(33)31(2)3)30-24(32)19(14-29)13-17-9-6-8-12-21(17)36-15-18-10-5-7-11-20(18)28/h5-13H,15H2,1-4H3,(H,30,32)/b19-13+. The minimum Gasteiger partial charge on any atom is -0.488 e. The van der Waals surface area contributed by atoms with Crippen molar-refractivity contribution in [2.45, 2.75) is 13.5 Å². The van der Waals surface area contributed by atoms with Crippen LogP contribution in [0.1, 0.15) is 36.7 Å². The van der Waals surface area contributed by atoms with E-state index < -0.39 is 17.7 Å². The summed E-state index contributed by atoms with van der Waals surface area (Å²) in [5, 5.41) is 12.3. The van der Waals surface area contributed by atoms with Gasteiger partial charge >= 0.3 is 5.97 Å². The maximum Gasteiger partial charge on any atom is 0.341 e.